The summed E-state index contributed by atoms with van der Waals surface area (Å²) in [5.74, 6) is 0.682. The largest absolute Gasteiger partial charge is 0.496 e. The third-order valence-electron chi connectivity index (χ3n) is 4.98. The van der Waals surface area contributed by atoms with Crippen LogP contribution in [-0.4, -0.2) is 43.2 Å². The average Bonchev–Trinajstić information content (AvgIpc) is 2.84. The van der Waals surface area contributed by atoms with Crippen LogP contribution in [0.15, 0.2) is 42.5 Å². The highest BCUT2D eigenvalue weighted by Crippen LogP contribution is 2.25. The van der Waals surface area contributed by atoms with Crippen molar-refractivity contribution >= 4 is 35.3 Å². The predicted octanol–water partition coefficient (Wildman–Crippen LogP) is 4.25. The number of hydrogen-bond donors (Lipinski definition) is 4. The topological polar surface area (TPSA) is 121 Å². The second kappa shape index (κ2) is 14.8. The lowest BCUT2D eigenvalue weighted by molar-refractivity contribution is -0.143. The highest BCUT2D eigenvalue weighted by molar-refractivity contribution is 6.30. The van der Waals surface area contributed by atoms with Crippen molar-refractivity contribution in [2.75, 3.05) is 25.7 Å². The van der Waals surface area contributed by atoms with Crippen molar-refractivity contribution in [3.8, 4) is 5.75 Å². The molecule has 36 heavy (non-hydrogen) atoms. The number of amides is 4. The van der Waals surface area contributed by atoms with Crippen molar-refractivity contribution in [1.82, 2.24) is 21.2 Å². The lowest BCUT2D eigenvalue weighted by Gasteiger charge is -2.22. The number of hydrogen-bond acceptors (Lipinski definition) is 7. The van der Waals surface area contributed by atoms with Gasteiger partial charge in [0.1, 0.15) is 5.75 Å². The summed E-state index contributed by atoms with van der Waals surface area (Å²) in [6, 6.07) is 11.1. The molecule has 2 rings (SSSR count). The first-order valence-corrected chi connectivity index (χ1v) is 12.0. The first kappa shape index (κ1) is 28.7. The number of anilines is 1. The van der Waals surface area contributed by atoms with Gasteiger partial charge in [0.25, 0.3) is 0 Å². The fraction of sp³-hybridized carbons (Fsp3) is 0.400. The summed E-state index contributed by atoms with van der Waals surface area (Å²) >= 11 is 5.89. The van der Waals surface area contributed by atoms with Gasteiger partial charge >= 0.3 is 18.0 Å². The van der Waals surface area contributed by atoms with Gasteiger partial charge in [0.05, 0.1) is 25.8 Å². The van der Waals surface area contributed by atoms with Gasteiger partial charge in [-0.3, -0.25) is 10.2 Å². The minimum Gasteiger partial charge on any atom is -0.496 e. The van der Waals surface area contributed by atoms with Gasteiger partial charge in [-0.1, -0.05) is 43.6 Å². The van der Waals surface area contributed by atoms with Crippen molar-refractivity contribution < 1.29 is 23.9 Å². The van der Waals surface area contributed by atoms with Crippen molar-refractivity contribution in [1.29, 1.82) is 0 Å². The van der Waals surface area contributed by atoms with Crippen LogP contribution in [0, 0.1) is 5.92 Å². The quantitative estimate of drug-likeness (QED) is 0.244. The summed E-state index contributed by atoms with van der Waals surface area (Å²) in [5.41, 5.74) is 10.4. The summed E-state index contributed by atoms with van der Waals surface area (Å²) < 4.78 is 10.4. The molecule has 0 fully saturated rings. The Hall–Kier alpha value is -3.50. The third kappa shape index (κ3) is 9.63. The second-order valence-electron chi connectivity index (χ2n) is 8.30. The molecule has 0 aromatic heterocycles. The summed E-state index contributed by atoms with van der Waals surface area (Å²) in [6.07, 6.45) is 0.728. The molecule has 0 atom stereocenters. The van der Waals surface area contributed by atoms with E-state index < -0.39 is 18.0 Å². The van der Waals surface area contributed by atoms with Crippen molar-refractivity contribution in [2.24, 2.45) is 5.92 Å². The first-order valence-electron chi connectivity index (χ1n) is 11.7. The van der Waals surface area contributed by atoms with E-state index in [1.54, 1.807) is 44.4 Å². The molecule has 0 spiro atoms. The van der Waals surface area contributed by atoms with E-state index in [2.05, 4.69) is 35.6 Å². The van der Waals surface area contributed by atoms with Crippen LogP contribution in [0.25, 0.3) is 0 Å². The van der Waals surface area contributed by atoms with Crippen LogP contribution in [-0.2, 0) is 22.5 Å². The van der Waals surface area contributed by atoms with Crippen LogP contribution < -0.4 is 26.4 Å². The predicted molar refractivity (Wildman–Crippen MR) is 138 cm³/mol. The number of carbonyl (C=O) groups excluding carboxylic acids is 3. The molecule has 0 aliphatic heterocycles. The molecule has 0 aliphatic carbocycles. The first-order chi connectivity index (χ1) is 17.2. The van der Waals surface area contributed by atoms with Crippen LogP contribution >= 0.6 is 11.6 Å². The average molecular weight is 520 g/mol. The Morgan fingerprint density at radius 1 is 1.06 bits per heavy atom. The second-order valence-corrected chi connectivity index (χ2v) is 8.73. The van der Waals surface area contributed by atoms with Crippen LogP contribution in [0.2, 0.25) is 5.02 Å². The summed E-state index contributed by atoms with van der Waals surface area (Å²) in [7, 11) is 1.60. The SMILES string of the molecule is CCOC(=O)CCN(C(=O)NCc1ccc(Cl)cc1)C(=O)NNNc1ccc(CC(C)C)c(OC)c1. The van der Waals surface area contributed by atoms with E-state index in [4.69, 9.17) is 21.1 Å². The van der Waals surface area contributed by atoms with Crippen molar-refractivity contribution in [3.05, 3.63) is 58.6 Å². The molecule has 0 aliphatic rings. The summed E-state index contributed by atoms with van der Waals surface area (Å²) in [5, 5.41) is 3.24. The molecule has 0 bridgehead atoms. The molecule has 4 N–H and O–H groups in total. The van der Waals surface area contributed by atoms with Crippen molar-refractivity contribution in [3.63, 3.8) is 0 Å². The van der Waals surface area contributed by atoms with Gasteiger partial charge in [0, 0.05) is 24.2 Å². The number of esters is 1. The van der Waals surface area contributed by atoms with E-state index in [9.17, 15) is 14.4 Å². The highest BCUT2D eigenvalue weighted by atomic mass is 35.5. The maximum absolute atomic E-state index is 12.8. The van der Waals surface area contributed by atoms with E-state index in [-0.39, 0.29) is 26.1 Å². The van der Waals surface area contributed by atoms with Gasteiger partial charge in [-0.25, -0.2) is 14.5 Å². The van der Waals surface area contributed by atoms with Crippen LogP contribution in [0.3, 0.4) is 0 Å². The summed E-state index contributed by atoms with van der Waals surface area (Å²) in [6.45, 7) is 6.15. The maximum Gasteiger partial charge on any atom is 0.341 e. The Kier molecular flexibility index (Phi) is 11.8. The van der Waals surface area contributed by atoms with E-state index in [1.165, 1.54) is 0 Å². The standard InChI is InChI=1S/C25H34ClN5O5/c1-5-36-23(32)12-13-31(24(33)27-16-18-6-9-20(26)10-7-18)25(34)29-30-28-21-11-8-19(14-17(2)3)22(15-21)35-4/h6-11,15,17,28,30H,5,12-14,16H2,1-4H3,(H,27,33)(H,29,34). The molecular formula is C25H34ClN5O5. The normalized spacial score (nSPS) is 10.5. The van der Waals surface area contributed by atoms with Gasteiger partial charge in [0.2, 0.25) is 0 Å². The molecule has 2 aromatic carbocycles. The number of halogens is 1. The van der Waals surface area contributed by atoms with Crippen LogP contribution in [0.4, 0.5) is 15.3 Å². The number of hydrazine groups is 2. The Morgan fingerprint density at radius 3 is 2.42 bits per heavy atom. The summed E-state index contributed by atoms with van der Waals surface area (Å²) in [4.78, 5) is 38.2. The minimum absolute atomic E-state index is 0.141. The van der Waals surface area contributed by atoms with E-state index in [0.717, 1.165) is 28.2 Å². The smallest absolute Gasteiger partial charge is 0.341 e. The Labute approximate surface area is 216 Å². The number of ether oxygens (including phenoxy) is 2. The molecular weight excluding hydrogens is 486 g/mol. The van der Waals surface area contributed by atoms with Gasteiger partial charge in [-0.2, -0.15) is 0 Å². The van der Waals surface area contributed by atoms with Crippen molar-refractivity contribution in [2.45, 2.75) is 40.2 Å². The minimum atomic E-state index is -0.760. The third-order valence-corrected chi connectivity index (χ3v) is 5.24. The number of rotatable bonds is 12. The van der Waals surface area contributed by atoms with Gasteiger partial charge < -0.3 is 20.2 Å². The van der Waals surface area contributed by atoms with Crippen LogP contribution in [0.1, 0.15) is 38.3 Å². The van der Waals surface area contributed by atoms with Gasteiger partial charge in [-0.15, -0.1) is 5.53 Å². The Bertz CT molecular complexity index is 1020. The number of imide groups is 1. The fourth-order valence-electron chi connectivity index (χ4n) is 3.26. The molecule has 10 nitrogen and oxygen atoms in total. The number of methoxy groups -OCH3 is 1. The van der Waals surface area contributed by atoms with Gasteiger partial charge in [0.15, 0.2) is 0 Å². The molecule has 4 amide bonds. The number of nitrogens with zero attached hydrogens (tertiary/aromatic N) is 1. The number of carbonyl (C=O) groups is 3. The molecule has 11 heteroatoms. The molecule has 2 aromatic rings. The molecule has 0 radical (unpaired) electrons. The lowest BCUT2D eigenvalue weighted by Crippen LogP contribution is -2.53. The lowest BCUT2D eigenvalue weighted by atomic mass is 10.0. The fourth-order valence-corrected chi connectivity index (χ4v) is 3.39. The molecule has 0 unspecified atom stereocenters. The highest BCUT2D eigenvalue weighted by Gasteiger charge is 2.22. The van der Waals surface area contributed by atoms with Gasteiger partial charge in [-0.05, 0) is 48.6 Å². The Morgan fingerprint density at radius 2 is 1.78 bits per heavy atom. The van der Waals surface area contributed by atoms with E-state index >= 15 is 0 Å². The van der Waals surface area contributed by atoms with Crippen LogP contribution in [0.5, 0.6) is 5.75 Å². The maximum atomic E-state index is 12.8. The molecule has 0 heterocycles. The molecule has 0 saturated carbocycles. The molecule has 0 saturated heterocycles. The Balaban J connectivity index is 1.98. The van der Waals surface area contributed by atoms with E-state index in [0.29, 0.717) is 16.6 Å². The zero-order valence-corrected chi connectivity index (χ0v) is 21.8. The molecule has 196 valence electrons. The number of benzene rings is 2. The monoisotopic (exact) mass is 519 g/mol. The zero-order chi connectivity index (χ0) is 26.5. The zero-order valence-electron chi connectivity index (χ0n) is 21.0. The number of urea groups is 2. The number of nitrogens with one attached hydrogen (secondary N) is 4. The van der Waals surface area contributed by atoms with E-state index in [1.807, 2.05) is 12.1 Å².